The van der Waals surface area contributed by atoms with Gasteiger partial charge < -0.3 is 9.84 Å². The molecule has 0 saturated carbocycles. The van der Waals surface area contributed by atoms with Crippen molar-refractivity contribution in [3.8, 4) is 5.75 Å². The molecule has 16 heavy (non-hydrogen) atoms. The maximum Gasteiger partial charge on any atom is 0.159 e. The Morgan fingerprint density at radius 2 is 2.06 bits per heavy atom. The lowest BCUT2D eigenvalue weighted by molar-refractivity contribution is 0.0282. The van der Waals surface area contributed by atoms with Crippen molar-refractivity contribution >= 4 is 5.78 Å². The molecule has 1 rings (SSSR count). The fourth-order valence-electron chi connectivity index (χ4n) is 1.28. The molecule has 0 radical (unpaired) electrons. The van der Waals surface area contributed by atoms with E-state index in [9.17, 15) is 9.90 Å². The third-order valence-electron chi connectivity index (χ3n) is 2.16. The van der Waals surface area contributed by atoms with Crippen LogP contribution in [0.15, 0.2) is 18.2 Å². The number of aryl methyl sites for hydroxylation is 1. The van der Waals surface area contributed by atoms with E-state index in [2.05, 4.69) is 0 Å². The maximum absolute atomic E-state index is 11.1. The molecule has 0 aromatic heterocycles. The van der Waals surface area contributed by atoms with Crippen molar-refractivity contribution in [2.24, 2.45) is 0 Å². The largest absolute Gasteiger partial charge is 0.490 e. The molecular weight excluding hydrogens is 204 g/mol. The average molecular weight is 222 g/mol. The van der Waals surface area contributed by atoms with Crippen LogP contribution in [0.3, 0.4) is 0 Å². The van der Waals surface area contributed by atoms with Gasteiger partial charge in [-0.2, -0.15) is 0 Å². The van der Waals surface area contributed by atoms with Crippen LogP contribution < -0.4 is 4.74 Å². The normalized spacial score (nSPS) is 11.3. The van der Waals surface area contributed by atoms with Crippen molar-refractivity contribution < 1.29 is 14.6 Å². The number of ketones is 1. The molecule has 88 valence electrons. The van der Waals surface area contributed by atoms with E-state index in [0.717, 1.165) is 5.56 Å². The van der Waals surface area contributed by atoms with Crippen molar-refractivity contribution in [3.63, 3.8) is 0 Å². The summed E-state index contributed by atoms with van der Waals surface area (Å²) in [5.74, 6) is 0.740. The standard InChI is InChI=1S/C13H18O3/c1-9-7-11(10(2)14)5-6-12(9)16-8-13(3,4)15/h5-7,15H,8H2,1-4H3. The summed E-state index contributed by atoms with van der Waals surface area (Å²) >= 11 is 0. The smallest absolute Gasteiger partial charge is 0.159 e. The summed E-state index contributed by atoms with van der Waals surface area (Å²) < 4.78 is 5.47. The Bertz CT molecular complexity index is 389. The quantitative estimate of drug-likeness (QED) is 0.795. The molecule has 1 aromatic carbocycles. The van der Waals surface area contributed by atoms with Gasteiger partial charge in [-0.1, -0.05) is 0 Å². The van der Waals surface area contributed by atoms with Crippen molar-refractivity contribution in [3.05, 3.63) is 29.3 Å². The number of ether oxygens (including phenoxy) is 1. The van der Waals surface area contributed by atoms with Gasteiger partial charge in [0.25, 0.3) is 0 Å². The van der Waals surface area contributed by atoms with E-state index in [0.29, 0.717) is 11.3 Å². The molecule has 0 spiro atoms. The van der Waals surface area contributed by atoms with E-state index >= 15 is 0 Å². The van der Waals surface area contributed by atoms with Crippen molar-refractivity contribution in [1.82, 2.24) is 0 Å². The van der Waals surface area contributed by atoms with Gasteiger partial charge in [0, 0.05) is 5.56 Å². The summed E-state index contributed by atoms with van der Waals surface area (Å²) in [6.45, 7) is 7.02. The van der Waals surface area contributed by atoms with Gasteiger partial charge >= 0.3 is 0 Å². The Kier molecular flexibility index (Phi) is 3.70. The summed E-state index contributed by atoms with van der Waals surface area (Å²) in [5, 5.41) is 9.53. The van der Waals surface area contributed by atoms with Crippen LogP contribution in [-0.4, -0.2) is 23.1 Å². The average Bonchev–Trinajstić information content (AvgIpc) is 2.14. The summed E-state index contributed by atoms with van der Waals surface area (Å²) in [7, 11) is 0. The fourth-order valence-corrected chi connectivity index (χ4v) is 1.28. The highest BCUT2D eigenvalue weighted by atomic mass is 16.5. The highest BCUT2D eigenvalue weighted by Crippen LogP contribution is 2.20. The molecule has 0 aliphatic rings. The number of aliphatic hydroxyl groups is 1. The molecule has 0 aliphatic carbocycles. The van der Waals surface area contributed by atoms with E-state index in [1.54, 1.807) is 32.0 Å². The first-order chi connectivity index (χ1) is 7.29. The van der Waals surface area contributed by atoms with Gasteiger partial charge in [-0.05, 0) is 51.5 Å². The number of carbonyl (C=O) groups is 1. The van der Waals surface area contributed by atoms with Gasteiger partial charge in [-0.25, -0.2) is 0 Å². The van der Waals surface area contributed by atoms with E-state index < -0.39 is 5.60 Å². The van der Waals surface area contributed by atoms with E-state index in [4.69, 9.17) is 4.74 Å². The molecule has 1 N–H and O–H groups in total. The molecule has 0 atom stereocenters. The van der Waals surface area contributed by atoms with Gasteiger partial charge in [-0.3, -0.25) is 4.79 Å². The third-order valence-corrected chi connectivity index (χ3v) is 2.16. The lowest BCUT2D eigenvalue weighted by Crippen LogP contribution is -2.28. The zero-order valence-corrected chi connectivity index (χ0v) is 10.2. The molecule has 3 heteroatoms. The summed E-state index contributed by atoms with van der Waals surface area (Å²) in [6.07, 6.45) is 0. The Labute approximate surface area is 96.1 Å². The topological polar surface area (TPSA) is 46.5 Å². The van der Waals surface area contributed by atoms with Crippen molar-refractivity contribution in [2.45, 2.75) is 33.3 Å². The number of hydrogen-bond acceptors (Lipinski definition) is 3. The summed E-state index contributed by atoms with van der Waals surface area (Å²) in [5.41, 5.74) is 0.719. The van der Waals surface area contributed by atoms with Crippen LogP contribution in [0.1, 0.15) is 36.7 Å². The number of benzene rings is 1. The van der Waals surface area contributed by atoms with Crippen LogP contribution in [-0.2, 0) is 0 Å². The third kappa shape index (κ3) is 3.66. The Morgan fingerprint density at radius 1 is 1.44 bits per heavy atom. The molecule has 0 unspecified atom stereocenters. The van der Waals surface area contributed by atoms with Gasteiger partial charge in [0.05, 0.1) is 5.60 Å². The van der Waals surface area contributed by atoms with E-state index in [1.165, 1.54) is 6.92 Å². The number of carbonyl (C=O) groups excluding carboxylic acids is 1. The van der Waals surface area contributed by atoms with Crippen LogP contribution in [0.2, 0.25) is 0 Å². The van der Waals surface area contributed by atoms with Gasteiger partial charge in [0.1, 0.15) is 12.4 Å². The minimum atomic E-state index is -0.855. The first-order valence-electron chi connectivity index (χ1n) is 5.26. The lowest BCUT2D eigenvalue weighted by atomic mass is 10.1. The van der Waals surface area contributed by atoms with Crippen LogP contribution in [0.5, 0.6) is 5.75 Å². The Morgan fingerprint density at radius 3 is 2.50 bits per heavy atom. The highest BCUT2D eigenvalue weighted by molar-refractivity contribution is 5.94. The Hall–Kier alpha value is -1.35. The minimum Gasteiger partial charge on any atom is -0.490 e. The van der Waals surface area contributed by atoms with Crippen LogP contribution in [0, 0.1) is 6.92 Å². The van der Waals surface area contributed by atoms with Gasteiger partial charge in [-0.15, -0.1) is 0 Å². The first-order valence-corrected chi connectivity index (χ1v) is 5.26. The number of rotatable bonds is 4. The van der Waals surface area contributed by atoms with Crippen molar-refractivity contribution in [1.29, 1.82) is 0 Å². The molecule has 0 saturated heterocycles. The van der Waals surface area contributed by atoms with Crippen molar-refractivity contribution in [2.75, 3.05) is 6.61 Å². The summed E-state index contributed by atoms with van der Waals surface area (Å²) in [6, 6.07) is 5.29. The molecule has 0 heterocycles. The van der Waals surface area contributed by atoms with Crippen LogP contribution in [0.25, 0.3) is 0 Å². The number of Topliss-reactive ketones (excluding diaryl/α,β-unsaturated/α-hetero) is 1. The lowest BCUT2D eigenvalue weighted by Gasteiger charge is -2.19. The minimum absolute atomic E-state index is 0.0390. The Balaban J connectivity index is 2.80. The second kappa shape index (κ2) is 4.66. The molecule has 0 aliphatic heterocycles. The molecular formula is C13H18O3. The molecule has 0 bridgehead atoms. The zero-order valence-electron chi connectivity index (χ0n) is 10.2. The predicted octanol–water partition coefficient (Wildman–Crippen LogP) is 2.35. The van der Waals surface area contributed by atoms with Gasteiger partial charge in [0.2, 0.25) is 0 Å². The summed E-state index contributed by atoms with van der Waals surface area (Å²) in [4.78, 5) is 11.1. The second-order valence-electron chi connectivity index (χ2n) is 4.64. The second-order valence-corrected chi connectivity index (χ2v) is 4.64. The molecule has 0 amide bonds. The van der Waals surface area contributed by atoms with E-state index in [-0.39, 0.29) is 12.4 Å². The highest BCUT2D eigenvalue weighted by Gasteiger charge is 2.14. The molecule has 1 aromatic rings. The van der Waals surface area contributed by atoms with Gasteiger partial charge in [0.15, 0.2) is 5.78 Å². The van der Waals surface area contributed by atoms with Crippen LogP contribution >= 0.6 is 0 Å². The van der Waals surface area contributed by atoms with E-state index in [1.807, 2.05) is 6.92 Å². The first kappa shape index (κ1) is 12.7. The molecule has 0 fully saturated rings. The number of hydrogen-bond donors (Lipinski definition) is 1. The maximum atomic E-state index is 11.1. The monoisotopic (exact) mass is 222 g/mol. The predicted molar refractivity (Wildman–Crippen MR) is 63.0 cm³/mol. The molecule has 3 nitrogen and oxygen atoms in total. The SMILES string of the molecule is CC(=O)c1ccc(OCC(C)(C)O)c(C)c1. The fraction of sp³-hybridized carbons (Fsp3) is 0.462. The van der Waals surface area contributed by atoms with Crippen LogP contribution in [0.4, 0.5) is 0 Å². The zero-order chi connectivity index (χ0) is 12.3.